The van der Waals surface area contributed by atoms with Crippen LogP contribution in [0.4, 0.5) is 0 Å². The Morgan fingerprint density at radius 1 is 1.10 bits per heavy atom. The van der Waals surface area contributed by atoms with Crippen molar-refractivity contribution in [3.63, 3.8) is 0 Å². The second kappa shape index (κ2) is 7.17. The monoisotopic (exact) mass is 436 g/mol. The van der Waals surface area contributed by atoms with E-state index >= 15 is 0 Å². The van der Waals surface area contributed by atoms with Gasteiger partial charge in [0.05, 0.1) is 21.5 Å². The normalized spacial score (nSPS) is 12.2. The van der Waals surface area contributed by atoms with E-state index in [-0.39, 0.29) is 4.83 Å². The molecule has 0 spiro atoms. The average molecular weight is 439 g/mol. The third-order valence-electron chi connectivity index (χ3n) is 2.79. The summed E-state index contributed by atoms with van der Waals surface area (Å²) in [6.07, 6.45) is 0. The van der Waals surface area contributed by atoms with Crippen LogP contribution in [0.5, 0.6) is 5.75 Å². The maximum Gasteiger partial charge on any atom is 0.120 e. The van der Waals surface area contributed by atoms with Crippen molar-refractivity contribution in [1.82, 2.24) is 0 Å². The van der Waals surface area contributed by atoms with Gasteiger partial charge in [0.2, 0.25) is 0 Å². The molecule has 2 rings (SSSR count). The van der Waals surface area contributed by atoms with Gasteiger partial charge in [-0.25, -0.2) is 0 Å². The summed E-state index contributed by atoms with van der Waals surface area (Å²) >= 11 is 19.3. The fourth-order valence-electron chi connectivity index (χ4n) is 1.82. The largest absolute Gasteiger partial charge is 0.494 e. The fraction of sp³-hybridized carbons (Fsp3) is 0.200. The van der Waals surface area contributed by atoms with Crippen molar-refractivity contribution in [3.8, 4) is 5.75 Å². The smallest absolute Gasteiger partial charge is 0.120 e. The minimum atomic E-state index is 0.0299. The first-order valence-electron chi connectivity index (χ1n) is 6.04. The van der Waals surface area contributed by atoms with E-state index in [9.17, 15) is 0 Å². The highest BCUT2D eigenvalue weighted by atomic mass is 79.9. The van der Waals surface area contributed by atoms with E-state index in [4.69, 9.17) is 27.9 Å². The van der Waals surface area contributed by atoms with E-state index < -0.39 is 0 Å². The van der Waals surface area contributed by atoms with Crippen LogP contribution >= 0.6 is 55.1 Å². The predicted octanol–water partition coefficient (Wildman–Crippen LogP) is 6.64. The maximum absolute atomic E-state index is 6.07. The summed E-state index contributed by atoms with van der Waals surface area (Å²) < 4.78 is 6.46. The molecule has 5 heteroatoms. The molecule has 0 aromatic heterocycles. The third kappa shape index (κ3) is 3.70. The molecule has 0 aliphatic carbocycles. The SMILES string of the molecule is CCOc1ccc(C(Br)c2ccc(Cl)c(Cl)c2)c(Br)c1. The molecule has 0 heterocycles. The number of alkyl halides is 1. The number of rotatable bonds is 4. The lowest BCUT2D eigenvalue weighted by Gasteiger charge is -2.14. The second-order valence-electron chi connectivity index (χ2n) is 4.15. The van der Waals surface area contributed by atoms with Gasteiger partial charge in [-0.3, -0.25) is 0 Å². The van der Waals surface area contributed by atoms with Gasteiger partial charge in [0.25, 0.3) is 0 Å². The van der Waals surface area contributed by atoms with Crippen LogP contribution in [0.3, 0.4) is 0 Å². The third-order valence-corrected chi connectivity index (χ3v) is 5.24. The predicted molar refractivity (Wildman–Crippen MR) is 92.5 cm³/mol. The lowest BCUT2D eigenvalue weighted by molar-refractivity contribution is 0.340. The molecule has 0 radical (unpaired) electrons. The zero-order valence-electron chi connectivity index (χ0n) is 10.7. The zero-order chi connectivity index (χ0) is 14.7. The van der Waals surface area contributed by atoms with E-state index in [2.05, 4.69) is 31.9 Å². The van der Waals surface area contributed by atoms with Gasteiger partial charge in [-0.05, 0) is 42.3 Å². The maximum atomic E-state index is 6.07. The molecule has 1 atom stereocenters. The first-order chi connectivity index (χ1) is 9.52. The number of halogens is 4. The fourth-order valence-corrected chi connectivity index (χ4v) is 3.70. The molecule has 0 N–H and O–H groups in total. The summed E-state index contributed by atoms with van der Waals surface area (Å²) in [5, 5.41) is 1.11. The lowest BCUT2D eigenvalue weighted by Crippen LogP contribution is -1.96. The number of ether oxygens (including phenoxy) is 1. The van der Waals surface area contributed by atoms with E-state index in [1.165, 1.54) is 0 Å². The molecule has 0 bridgehead atoms. The van der Waals surface area contributed by atoms with Crippen molar-refractivity contribution in [2.45, 2.75) is 11.8 Å². The number of hydrogen-bond donors (Lipinski definition) is 0. The van der Waals surface area contributed by atoms with Gasteiger partial charge in [0.1, 0.15) is 5.75 Å². The molecule has 20 heavy (non-hydrogen) atoms. The molecule has 2 aromatic carbocycles. The second-order valence-corrected chi connectivity index (χ2v) is 6.74. The van der Waals surface area contributed by atoms with E-state index in [1.807, 2.05) is 37.3 Å². The van der Waals surface area contributed by atoms with Crippen LogP contribution in [-0.4, -0.2) is 6.61 Å². The number of hydrogen-bond acceptors (Lipinski definition) is 1. The van der Waals surface area contributed by atoms with Gasteiger partial charge in [0.15, 0.2) is 0 Å². The molecular weight excluding hydrogens is 427 g/mol. The van der Waals surface area contributed by atoms with Crippen LogP contribution in [0.1, 0.15) is 22.9 Å². The minimum Gasteiger partial charge on any atom is -0.494 e. The van der Waals surface area contributed by atoms with Gasteiger partial charge < -0.3 is 4.74 Å². The van der Waals surface area contributed by atoms with Crippen LogP contribution in [0.2, 0.25) is 10.0 Å². The van der Waals surface area contributed by atoms with Gasteiger partial charge in [-0.2, -0.15) is 0 Å². The van der Waals surface area contributed by atoms with Crippen LogP contribution in [0.25, 0.3) is 0 Å². The summed E-state index contributed by atoms with van der Waals surface area (Å²) in [6, 6.07) is 11.6. The molecule has 1 nitrogen and oxygen atoms in total. The quantitative estimate of drug-likeness (QED) is 0.486. The molecule has 0 saturated carbocycles. The Balaban J connectivity index is 2.32. The summed E-state index contributed by atoms with van der Waals surface area (Å²) in [5.74, 6) is 0.844. The lowest BCUT2D eigenvalue weighted by atomic mass is 10.0. The van der Waals surface area contributed by atoms with Crippen LogP contribution in [0, 0.1) is 0 Å². The highest BCUT2D eigenvalue weighted by Crippen LogP contribution is 2.38. The Kier molecular flexibility index (Phi) is 5.79. The first-order valence-corrected chi connectivity index (χ1v) is 8.50. The Morgan fingerprint density at radius 3 is 2.45 bits per heavy atom. The van der Waals surface area contributed by atoms with Crippen molar-refractivity contribution >= 4 is 55.1 Å². The Bertz CT molecular complexity index is 617. The highest BCUT2D eigenvalue weighted by Gasteiger charge is 2.15. The summed E-state index contributed by atoms with van der Waals surface area (Å²) in [4.78, 5) is 0.0299. The van der Waals surface area contributed by atoms with E-state index in [1.54, 1.807) is 6.07 Å². The Morgan fingerprint density at radius 2 is 1.85 bits per heavy atom. The van der Waals surface area contributed by atoms with Crippen LogP contribution in [-0.2, 0) is 0 Å². The summed E-state index contributed by atoms with van der Waals surface area (Å²) in [5.41, 5.74) is 2.15. The highest BCUT2D eigenvalue weighted by molar-refractivity contribution is 9.11. The standard InChI is InChI=1S/C15H12Br2Cl2O/c1-2-20-10-4-5-11(12(16)8-10)15(17)9-3-6-13(18)14(19)7-9/h3-8,15H,2H2,1H3. The van der Waals surface area contributed by atoms with Crippen LogP contribution < -0.4 is 4.74 Å². The van der Waals surface area contributed by atoms with Gasteiger partial charge >= 0.3 is 0 Å². The topological polar surface area (TPSA) is 9.23 Å². The van der Waals surface area contributed by atoms with Gasteiger partial charge in [-0.15, -0.1) is 0 Å². The molecule has 1 unspecified atom stereocenters. The molecule has 106 valence electrons. The Hall–Kier alpha value is -0.220. The minimum absolute atomic E-state index is 0.0299. The van der Waals surface area contributed by atoms with Crippen molar-refractivity contribution in [2.24, 2.45) is 0 Å². The van der Waals surface area contributed by atoms with Crippen molar-refractivity contribution in [2.75, 3.05) is 6.61 Å². The van der Waals surface area contributed by atoms with E-state index in [0.29, 0.717) is 16.7 Å². The van der Waals surface area contributed by atoms with E-state index in [0.717, 1.165) is 21.3 Å². The van der Waals surface area contributed by atoms with Crippen molar-refractivity contribution in [1.29, 1.82) is 0 Å². The average Bonchev–Trinajstić information content (AvgIpc) is 2.42. The van der Waals surface area contributed by atoms with Gasteiger partial charge in [0, 0.05) is 4.47 Å². The molecule has 0 fully saturated rings. The molecular formula is C15H12Br2Cl2O. The molecule has 0 saturated heterocycles. The van der Waals surface area contributed by atoms with Gasteiger partial charge in [-0.1, -0.05) is 67.2 Å². The Labute approximate surface area is 145 Å². The first kappa shape index (κ1) is 16.2. The molecule has 0 amide bonds. The molecule has 0 aliphatic rings. The van der Waals surface area contributed by atoms with Crippen molar-refractivity contribution < 1.29 is 4.74 Å². The zero-order valence-corrected chi connectivity index (χ0v) is 15.4. The van der Waals surface area contributed by atoms with Crippen LogP contribution in [0.15, 0.2) is 40.9 Å². The summed E-state index contributed by atoms with van der Waals surface area (Å²) in [7, 11) is 0. The van der Waals surface area contributed by atoms with Crippen molar-refractivity contribution in [3.05, 3.63) is 62.0 Å². The number of benzene rings is 2. The molecule has 0 aliphatic heterocycles. The molecule has 2 aromatic rings. The summed E-state index contributed by atoms with van der Waals surface area (Å²) in [6.45, 7) is 2.61.